The Morgan fingerprint density at radius 2 is 1.75 bits per heavy atom. The third kappa shape index (κ3) is 7.07. The quantitative estimate of drug-likeness (QED) is 0.275. The van der Waals surface area contributed by atoms with Crippen molar-refractivity contribution >= 4 is 27.4 Å². The maximum absolute atomic E-state index is 12.6. The van der Waals surface area contributed by atoms with Gasteiger partial charge in [-0.15, -0.1) is 0 Å². The fraction of sp³-hybridized carbons (Fsp3) is 0.381. The van der Waals surface area contributed by atoms with Crippen LogP contribution in [0.25, 0.3) is 0 Å². The summed E-state index contributed by atoms with van der Waals surface area (Å²) in [7, 11) is -3.83. The van der Waals surface area contributed by atoms with Crippen molar-refractivity contribution in [2.24, 2.45) is 5.92 Å². The summed E-state index contributed by atoms with van der Waals surface area (Å²) in [6.45, 7) is 1.16. The number of nitro benzene ring substituents is 1. The Bertz CT molecular complexity index is 1040. The third-order valence-corrected chi connectivity index (χ3v) is 6.65. The van der Waals surface area contributed by atoms with E-state index in [1.54, 1.807) is 12.1 Å². The zero-order chi connectivity index (χ0) is 22.4. The Morgan fingerprint density at radius 3 is 2.34 bits per heavy atom. The van der Waals surface area contributed by atoms with E-state index in [0.717, 1.165) is 5.56 Å². The van der Waals surface area contributed by atoms with Crippen LogP contribution in [-0.2, 0) is 21.2 Å². The molecule has 32 heavy (non-hydrogen) atoms. The summed E-state index contributed by atoms with van der Waals surface area (Å²) in [6.07, 6.45) is 1.14. The molecule has 3 rings (SSSR count). The largest absolute Gasteiger partial charge is 1.00 e. The minimum Gasteiger partial charge on any atom is -0.550 e. The van der Waals surface area contributed by atoms with Gasteiger partial charge in [-0.3, -0.25) is 14.8 Å². The Balaban J connectivity index is 0.00000363. The van der Waals surface area contributed by atoms with Crippen LogP contribution in [0.3, 0.4) is 0 Å². The first kappa shape index (κ1) is 25.9. The van der Waals surface area contributed by atoms with E-state index in [1.807, 2.05) is 35.2 Å². The number of hydrogen-bond donors (Lipinski definition) is 1. The molecule has 1 saturated heterocycles. The first-order chi connectivity index (χ1) is 14.7. The number of hydrogen-bond acceptors (Lipinski definition) is 7. The number of aliphatic carboxylic acids is 1. The summed E-state index contributed by atoms with van der Waals surface area (Å²) >= 11 is 0. The van der Waals surface area contributed by atoms with Crippen molar-refractivity contribution in [3.63, 3.8) is 0 Å². The molecule has 1 aliphatic heterocycles. The third-order valence-electron chi connectivity index (χ3n) is 5.40. The Morgan fingerprint density at radius 1 is 1.09 bits per heavy atom. The van der Waals surface area contributed by atoms with Crippen LogP contribution < -0.4 is 28.7 Å². The second-order valence-corrected chi connectivity index (χ2v) is 9.43. The number of nitrogens with one attached hydrogen (secondary N) is 1. The van der Waals surface area contributed by atoms with Gasteiger partial charge >= 0.3 is 18.9 Å². The van der Waals surface area contributed by atoms with Crippen molar-refractivity contribution in [1.29, 1.82) is 0 Å². The van der Waals surface area contributed by atoms with Crippen molar-refractivity contribution in [2.45, 2.75) is 19.3 Å². The molecule has 0 saturated carbocycles. The van der Waals surface area contributed by atoms with Gasteiger partial charge in [0.25, 0.3) is 5.69 Å². The molecule has 0 bridgehead atoms. The number of likely N-dealkylation sites (tertiary alicyclic amines) is 1. The molecule has 0 spiro atoms. The maximum atomic E-state index is 12.6. The predicted molar refractivity (Wildman–Crippen MR) is 114 cm³/mol. The number of carbonyl (C=O) groups is 1. The molecule has 0 atom stereocenters. The molecule has 11 heteroatoms. The summed E-state index contributed by atoms with van der Waals surface area (Å²) < 4.78 is 27.6. The fourth-order valence-corrected chi connectivity index (χ4v) is 4.81. The number of carbonyl (C=O) groups excluding carboxylic acids is 1. The first-order valence-corrected chi connectivity index (χ1v) is 11.6. The fourth-order valence-electron chi connectivity index (χ4n) is 3.71. The number of rotatable bonds is 9. The van der Waals surface area contributed by atoms with E-state index < -0.39 is 26.8 Å². The Labute approximate surface area is 199 Å². The average molecular weight is 453 g/mol. The van der Waals surface area contributed by atoms with Crippen molar-refractivity contribution in [1.82, 2.24) is 4.90 Å². The molecular formula is C21H24LiN3O6S. The molecule has 2 aromatic carbocycles. The normalized spacial score (nSPS) is 15.0. The maximum Gasteiger partial charge on any atom is 1.00 e. The van der Waals surface area contributed by atoms with Crippen LogP contribution in [0, 0.1) is 16.0 Å². The standard InChI is InChI=1S/C21H25N3O6S.Li/c25-21(26)17-9-11-23(12-10-17)13-14-31(29,30)22-19-8-4-7-18(20(19)24(27)28)15-16-5-2-1-3-6-16;/h1-8,17,22H,9-15H2,(H,25,26);/q;+1/p-1. The van der Waals surface area contributed by atoms with Gasteiger partial charge in [0.05, 0.1) is 10.7 Å². The molecule has 9 nitrogen and oxygen atoms in total. The van der Waals surface area contributed by atoms with Gasteiger partial charge in [-0.1, -0.05) is 42.5 Å². The second-order valence-electron chi connectivity index (χ2n) is 7.59. The molecule has 0 unspecified atom stereocenters. The van der Waals surface area contributed by atoms with Crippen molar-refractivity contribution in [3.05, 3.63) is 69.8 Å². The molecule has 0 aliphatic carbocycles. The zero-order valence-electron chi connectivity index (χ0n) is 17.9. The smallest absolute Gasteiger partial charge is 0.550 e. The number of para-hydroxylation sites is 1. The zero-order valence-corrected chi connectivity index (χ0v) is 18.7. The SMILES string of the molecule is O=C([O-])C1CCN(CCS(=O)(=O)Nc2cccc(Cc3ccccc3)c2[N+](=O)[O-])CC1.[Li+]. The van der Waals surface area contributed by atoms with E-state index in [4.69, 9.17) is 0 Å². The number of nitrogens with zero attached hydrogens (tertiary/aromatic N) is 2. The van der Waals surface area contributed by atoms with E-state index in [1.165, 1.54) is 6.07 Å². The van der Waals surface area contributed by atoms with Gasteiger partial charge in [-0.2, -0.15) is 0 Å². The molecule has 2 aromatic rings. The van der Waals surface area contributed by atoms with Gasteiger partial charge in [0.1, 0.15) is 5.69 Å². The van der Waals surface area contributed by atoms with Gasteiger partial charge in [0.15, 0.2) is 0 Å². The van der Waals surface area contributed by atoms with Gasteiger partial charge in [-0.05, 0) is 37.6 Å². The van der Waals surface area contributed by atoms with E-state index in [0.29, 0.717) is 37.9 Å². The Kier molecular flexibility index (Phi) is 9.28. The minimum absolute atomic E-state index is 0. The molecule has 0 aromatic heterocycles. The molecule has 1 fully saturated rings. The summed E-state index contributed by atoms with van der Waals surface area (Å²) in [5.41, 5.74) is 0.977. The van der Waals surface area contributed by atoms with E-state index in [2.05, 4.69) is 4.72 Å². The van der Waals surface area contributed by atoms with Crippen LogP contribution >= 0.6 is 0 Å². The predicted octanol–water partition coefficient (Wildman–Crippen LogP) is -1.61. The van der Waals surface area contributed by atoms with Crippen molar-refractivity contribution in [2.75, 3.05) is 30.1 Å². The number of carboxylic acids is 1. The molecule has 166 valence electrons. The van der Waals surface area contributed by atoms with Crippen LogP contribution in [0.5, 0.6) is 0 Å². The van der Waals surface area contributed by atoms with Crippen LogP contribution in [0.15, 0.2) is 48.5 Å². The van der Waals surface area contributed by atoms with Crippen LogP contribution in [0.1, 0.15) is 24.0 Å². The summed E-state index contributed by atoms with van der Waals surface area (Å²) in [6, 6.07) is 13.8. The van der Waals surface area contributed by atoms with Gasteiger partial charge in [0, 0.05) is 30.4 Å². The molecular weight excluding hydrogens is 429 g/mol. The van der Waals surface area contributed by atoms with Gasteiger partial charge < -0.3 is 14.8 Å². The summed E-state index contributed by atoms with van der Waals surface area (Å²) in [5, 5.41) is 22.6. The van der Waals surface area contributed by atoms with Crippen LogP contribution in [0.2, 0.25) is 0 Å². The number of carboxylic acid groups (broad SMARTS) is 1. The van der Waals surface area contributed by atoms with Gasteiger partial charge in [0.2, 0.25) is 10.0 Å². The number of piperidine rings is 1. The number of sulfonamides is 1. The average Bonchev–Trinajstić information content (AvgIpc) is 2.73. The molecule has 0 radical (unpaired) electrons. The molecule has 1 heterocycles. The molecule has 0 amide bonds. The second kappa shape index (κ2) is 11.5. The Hall–Kier alpha value is -2.38. The monoisotopic (exact) mass is 453 g/mol. The number of nitro groups is 1. The number of anilines is 1. The van der Waals surface area contributed by atoms with E-state index >= 15 is 0 Å². The minimum atomic E-state index is -3.83. The summed E-state index contributed by atoms with van der Waals surface area (Å²) in [5.74, 6) is -1.82. The van der Waals surface area contributed by atoms with Crippen molar-refractivity contribution < 1.29 is 42.1 Å². The topological polar surface area (TPSA) is 133 Å². The van der Waals surface area contributed by atoms with Crippen LogP contribution in [0.4, 0.5) is 11.4 Å². The molecule has 1 aliphatic rings. The summed E-state index contributed by atoms with van der Waals surface area (Å²) in [4.78, 5) is 23.9. The molecule has 1 N–H and O–H groups in total. The van der Waals surface area contributed by atoms with E-state index in [-0.39, 0.29) is 42.5 Å². The number of benzene rings is 2. The van der Waals surface area contributed by atoms with Crippen molar-refractivity contribution in [3.8, 4) is 0 Å². The van der Waals surface area contributed by atoms with E-state index in [9.17, 15) is 28.4 Å². The first-order valence-electron chi connectivity index (χ1n) is 9.99. The van der Waals surface area contributed by atoms with Crippen LogP contribution in [-0.4, -0.2) is 49.6 Å². The van der Waals surface area contributed by atoms with Gasteiger partial charge in [-0.25, -0.2) is 8.42 Å².